The molecular formula is C12H20N2S2. The van der Waals surface area contributed by atoms with Crippen LogP contribution in [0.4, 0.5) is 0 Å². The van der Waals surface area contributed by atoms with Gasteiger partial charge in [0.1, 0.15) is 0 Å². The molecule has 1 fully saturated rings. The number of rotatable bonds is 4. The van der Waals surface area contributed by atoms with Crippen LogP contribution < -0.4 is 5.32 Å². The molecule has 1 aromatic rings. The molecule has 2 nitrogen and oxygen atoms in total. The van der Waals surface area contributed by atoms with Crippen molar-refractivity contribution in [3.8, 4) is 0 Å². The molecule has 2 heterocycles. The summed E-state index contributed by atoms with van der Waals surface area (Å²) in [4.78, 5) is 5.66. The van der Waals surface area contributed by atoms with Gasteiger partial charge >= 0.3 is 0 Å². The minimum absolute atomic E-state index is 0.434. The van der Waals surface area contributed by atoms with Crippen molar-refractivity contribution in [1.29, 1.82) is 0 Å². The third kappa shape index (κ3) is 2.99. The highest BCUT2D eigenvalue weighted by Gasteiger charge is 2.29. The molecule has 2 atom stereocenters. The van der Waals surface area contributed by atoms with Crippen molar-refractivity contribution in [3.63, 3.8) is 0 Å². The van der Waals surface area contributed by atoms with Gasteiger partial charge in [-0.3, -0.25) is 0 Å². The molecule has 4 heteroatoms. The van der Waals surface area contributed by atoms with E-state index in [9.17, 15) is 0 Å². The number of aryl methyl sites for hydroxylation is 1. The van der Waals surface area contributed by atoms with Gasteiger partial charge in [0.2, 0.25) is 0 Å². The summed E-state index contributed by atoms with van der Waals surface area (Å²) in [6, 6.07) is 0.434. The van der Waals surface area contributed by atoms with Crippen LogP contribution in [0.15, 0.2) is 6.20 Å². The Labute approximate surface area is 106 Å². The normalized spacial score (nSPS) is 27.2. The average molecular weight is 256 g/mol. The van der Waals surface area contributed by atoms with Crippen LogP contribution in [-0.2, 0) is 0 Å². The summed E-state index contributed by atoms with van der Waals surface area (Å²) in [5.41, 5.74) is 0. The van der Waals surface area contributed by atoms with E-state index in [0.717, 1.165) is 11.6 Å². The Kier molecular flexibility index (Phi) is 3.93. The molecule has 1 saturated heterocycles. The number of thioether (sulfide) groups is 1. The first-order valence-corrected chi connectivity index (χ1v) is 7.69. The predicted octanol–water partition coefficient (Wildman–Crippen LogP) is 3.39. The second-order valence-corrected chi connectivity index (χ2v) is 7.74. The van der Waals surface area contributed by atoms with Gasteiger partial charge < -0.3 is 5.32 Å². The van der Waals surface area contributed by atoms with Gasteiger partial charge in [0.25, 0.3) is 0 Å². The van der Waals surface area contributed by atoms with E-state index in [1.165, 1.54) is 23.5 Å². The molecule has 0 saturated carbocycles. The van der Waals surface area contributed by atoms with Crippen molar-refractivity contribution in [3.05, 3.63) is 16.1 Å². The summed E-state index contributed by atoms with van der Waals surface area (Å²) in [7, 11) is 0. The van der Waals surface area contributed by atoms with Crippen LogP contribution >= 0.6 is 23.1 Å². The lowest BCUT2D eigenvalue weighted by Crippen LogP contribution is -2.34. The van der Waals surface area contributed by atoms with E-state index in [0.29, 0.717) is 10.8 Å². The highest BCUT2D eigenvalue weighted by molar-refractivity contribution is 8.00. The van der Waals surface area contributed by atoms with Crippen LogP contribution in [0.2, 0.25) is 0 Å². The minimum Gasteiger partial charge on any atom is -0.308 e. The van der Waals surface area contributed by atoms with Crippen molar-refractivity contribution < 1.29 is 0 Å². The van der Waals surface area contributed by atoms with E-state index in [4.69, 9.17) is 0 Å². The Hall–Kier alpha value is -0.0600. The third-order valence-corrected chi connectivity index (χ3v) is 5.78. The second kappa shape index (κ2) is 5.07. The molecule has 0 amide bonds. The van der Waals surface area contributed by atoms with Crippen LogP contribution in [0.25, 0.3) is 0 Å². The summed E-state index contributed by atoms with van der Waals surface area (Å²) < 4.78 is 0.452. The van der Waals surface area contributed by atoms with E-state index in [1.807, 2.05) is 6.20 Å². The predicted molar refractivity (Wildman–Crippen MR) is 73.4 cm³/mol. The van der Waals surface area contributed by atoms with Crippen LogP contribution in [0.1, 0.15) is 42.6 Å². The lowest BCUT2D eigenvalue weighted by atomic mass is 10.1. The van der Waals surface area contributed by atoms with Crippen molar-refractivity contribution in [2.45, 2.75) is 44.4 Å². The zero-order chi connectivity index (χ0) is 11.6. The van der Waals surface area contributed by atoms with Crippen molar-refractivity contribution in [2.24, 2.45) is 0 Å². The fourth-order valence-corrected chi connectivity index (χ4v) is 4.09. The monoisotopic (exact) mass is 256 g/mol. The lowest BCUT2D eigenvalue weighted by molar-refractivity contribution is 0.494. The van der Waals surface area contributed by atoms with E-state index >= 15 is 0 Å². The summed E-state index contributed by atoms with van der Waals surface area (Å²) in [6.45, 7) is 7.78. The number of nitrogens with one attached hydrogen (secondary N) is 1. The van der Waals surface area contributed by atoms with Gasteiger partial charge in [-0.25, -0.2) is 4.98 Å². The van der Waals surface area contributed by atoms with E-state index in [2.05, 4.69) is 42.8 Å². The molecule has 0 spiro atoms. The number of aromatic nitrogens is 1. The topological polar surface area (TPSA) is 24.9 Å². The molecule has 1 N–H and O–H groups in total. The van der Waals surface area contributed by atoms with Crippen LogP contribution in [0, 0.1) is 6.92 Å². The summed E-state index contributed by atoms with van der Waals surface area (Å²) in [5.74, 6) is 1.33. The minimum atomic E-state index is 0.434. The van der Waals surface area contributed by atoms with E-state index in [1.54, 1.807) is 11.3 Å². The van der Waals surface area contributed by atoms with Crippen LogP contribution in [-0.4, -0.2) is 22.0 Å². The second-order valence-electron chi connectivity index (χ2n) is 4.79. The zero-order valence-electron chi connectivity index (χ0n) is 10.2. The molecular weight excluding hydrogens is 236 g/mol. The van der Waals surface area contributed by atoms with E-state index < -0.39 is 0 Å². The smallest absolute Gasteiger partial charge is 0.0897 e. The Bertz CT molecular complexity index is 343. The molecule has 1 aliphatic heterocycles. The van der Waals surface area contributed by atoms with Crippen molar-refractivity contribution in [2.75, 3.05) is 12.3 Å². The summed E-state index contributed by atoms with van der Waals surface area (Å²) in [5, 5.41) is 4.80. The molecule has 0 aromatic carbocycles. The van der Waals surface area contributed by atoms with Crippen LogP contribution in [0.3, 0.4) is 0 Å². The van der Waals surface area contributed by atoms with Crippen molar-refractivity contribution >= 4 is 23.1 Å². The SMILES string of the molecule is Cc1ncc(C(C)NCC2(C)CCCS2)s1. The maximum atomic E-state index is 4.31. The number of thiazole rings is 1. The van der Waals surface area contributed by atoms with Gasteiger partial charge in [-0.05, 0) is 39.4 Å². The number of nitrogens with zero attached hydrogens (tertiary/aromatic N) is 1. The first kappa shape index (κ1) is 12.4. The van der Waals surface area contributed by atoms with Gasteiger partial charge in [-0.15, -0.1) is 11.3 Å². The molecule has 2 unspecified atom stereocenters. The first-order chi connectivity index (χ1) is 7.59. The van der Waals surface area contributed by atoms with Gasteiger partial charge in [0.05, 0.1) is 5.01 Å². The Morgan fingerprint density at radius 1 is 1.62 bits per heavy atom. The molecule has 2 rings (SSSR count). The number of hydrogen-bond donors (Lipinski definition) is 1. The molecule has 90 valence electrons. The zero-order valence-corrected chi connectivity index (χ0v) is 11.9. The number of hydrogen-bond acceptors (Lipinski definition) is 4. The Morgan fingerprint density at radius 2 is 2.44 bits per heavy atom. The summed E-state index contributed by atoms with van der Waals surface area (Å²) >= 11 is 3.91. The third-order valence-electron chi connectivity index (χ3n) is 3.15. The summed E-state index contributed by atoms with van der Waals surface area (Å²) in [6.07, 6.45) is 4.72. The Balaban J connectivity index is 1.86. The maximum absolute atomic E-state index is 4.31. The Morgan fingerprint density at radius 3 is 3.00 bits per heavy atom. The standard InChI is InChI=1S/C12H20N2S2/c1-9(11-7-13-10(2)16-11)14-8-12(3)5-4-6-15-12/h7,9,14H,4-6,8H2,1-3H3. The molecule has 0 radical (unpaired) electrons. The highest BCUT2D eigenvalue weighted by atomic mass is 32.2. The van der Waals surface area contributed by atoms with Gasteiger partial charge in [0.15, 0.2) is 0 Å². The fourth-order valence-electron chi connectivity index (χ4n) is 2.02. The average Bonchev–Trinajstić information content (AvgIpc) is 2.85. The van der Waals surface area contributed by atoms with Gasteiger partial charge in [-0.1, -0.05) is 0 Å². The van der Waals surface area contributed by atoms with Gasteiger partial charge in [-0.2, -0.15) is 11.8 Å². The van der Waals surface area contributed by atoms with Crippen LogP contribution in [0.5, 0.6) is 0 Å². The molecule has 0 aliphatic carbocycles. The molecule has 0 bridgehead atoms. The van der Waals surface area contributed by atoms with E-state index in [-0.39, 0.29) is 0 Å². The van der Waals surface area contributed by atoms with Gasteiger partial charge in [0, 0.05) is 28.4 Å². The molecule has 1 aliphatic rings. The largest absolute Gasteiger partial charge is 0.308 e. The maximum Gasteiger partial charge on any atom is 0.0897 e. The molecule has 16 heavy (non-hydrogen) atoms. The van der Waals surface area contributed by atoms with Crippen molar-refractivity contribution in [1.82, 2.24) is 10.3 Å². The highest BCUT2D eigenvalue weighted by Crippen LogP contribution is 2.37. The quantitative estimate of drug-likeness (QED) is 0.894. The first-order valence-electron chi connectivity index (χ1n) is 5.89. The fraction of sp³-hybridized carbons (Fsp3) is 0.750. The lowest BCUT2D eigenvalue weighted by Gasteiger charge is -2.25. The molecule has 1 aromatic heterocycles.